The zero-order valence-corrected chi connectivity index (χ0v) is 5.87. The van der Waals surface area contributed by atoms with E-state index in [4.69, 9.17) is 10.0 Å². The van der Waals surface area contributed by atoms with E-state index >= 15 is 0 Å². The van der Waals surface area contributed by atoms with Crippen molar-refractivity contribution in [1.82, 2.24) is 0 Å². The number of carbonyl (C=O) groups excluding carboxylic acids is 1. The van der Waals surface area contributed by atoms with Gasteiger partial charge in [-0.3, -0.25) is 0 Å². The average Bonchev–Trinajstić information content (AvgIpc) is 1.88. The molecule has 0 aliphatic carbocycles. The highest BCUT2D eigenvalue weighted by Gasteiger charge is 2.21. The minimum Gasteiger partial charge on any atom is -0.466 e. The van der Waals surface area contributed by atoms with Crippen molar-refractivity contribution in [2.75, 3.05) is 7.11 Å². The molecule has 0 spiro atoms. The highest BCUT2D eigenvalue weighted by molar-refractivity contribution is 6.58. The molecule has 0 aromatic heterocycles. The molecule has 0 unspecified atom stereocenters. The number of hydrogen-bond donors (Lipinski definition) is 2. The predicted octanol–water partition coefficient (Wildman–Crippen LogP) is -0.882. The molecule has 0 saturated heterocycles. The first-order chi connectivity index (χ1) is 4.63. The zero-order valence-electron chi connectivity index (χ0n) is 5.87. The lowest BCUT2D eigenvalue weighted by Crippen LogP contribution is -2.23. The molecule has 4 nitrogen and oxygen atoms in total. The van der Waals surface area contributed by atoms with Gasteiger partial charge in [0.05, 0.1) is 12.6 Å². The van der Waals surface area contributed by atoms with Gasteiger partial charge in [0.1, 0.15) is 0 Å². The number of allylic oxidation sites excluding steroid dienone is 1. The Kier molecular flexibility index (Phi) is 3.75. The molecule has 0 aromatic carbocycles. The van der Waals surface area contributed by atoms with Gasteiger partial charge < -0.3 is 14.8 Å². The summed E-state index contributed by atoms with van der Waals surface area (Å²) in [5, 5.41) is 17.0. The SMILES string of the molecule is C/C=C(/B(O)O)C(=O)OC. The molecule has 0 heterocycles. The first-order valence-corrected chi connectivity index (χ1v) is 2.74. The molecule has 10 heavy (non-hydrogen) atoms. The normalized spacial score (nSPS) is 11.0. The predicted molar refractivity (Wildman–Crippen MR) is 36.0 cm³/mol. The maximum Gasteiger partial charge on any atom is 0.495 e. The molecule has 0 aliphatic rings. The van der Waals surface area contributed by atoms with Gasteiger partial charge in [0.15, 0.2) is 0 Å². The molecular weight excluding hydrogens is 135 g/mol. The fraction of sp³-hybridized carbons (Fsp3) is 0.400. The number of esters is 1. The van der Waals surface area contributed by atoms with E-state index in [0.29, 0.717) is 0 Å². The Labute approximate surface area is 59.3 Å². The maximum atomic E-state index is 10.6. The lowest BCUT2D eigenvalue weighted by atomic mass is 9.79. The van der Waals surface area contributed by atoms with Crippen LogP contribution in [-0.2, 0) is 9.53 Å². The molecule has 56 valence electrons. The molecule has 2 N–H and O–H groups in total. The van der Waals surface area contributed by atoms with Crippen LogP contribution in [0.4, 0.5) is 0 Å². The second-order valence-electron chi connectivity index (χ2n) is 1.61. The second-order valence-corrected chi connectivity index (χ2v) is 1.61. The summed E-state index contributed by atoms with van der Waals surface area (Å²) in [5.41, 5.74) is -0.150. The third kappa shape index (κ3) is 2.20. The molecule has 0 rings (SSSR count). The van der Waals surface area contributed by atoms with Crippen molar-refractivity contribution in [3.05, 3.63) is 11.5 Å². The minimum absolute atomic E-state index is 0.150. The van der Waals surface area contributed by atoms with Gasteiger partial charge in [-0.2, -0.15) is 0 Å². The van der Waals surface area contributed by atoms with Gasteiger partial charge in [-0.25, -0.2) is 4.79 Å². The number of methoxy groups -OCH3 is 1. The summed E-state index contributed by atoms with van der Waals surface area (Å²) in [6.45, 7) is 1.52. The van der Waals surface area contributed by atoms with Crippen molar-refractivity contribution in [1.29, 1.82) is 0 Å². The second kappa shape index (κ2) is 4.08. The van der Waals surface area contributed by atoms with E-state index in [1.165, 1.54) is 20.1 Å². The van der Waals surface area contributed by atoms with E-state index in [0.717, 1.165) is 0 Å². The van der Waals surface area contributed by atoms with E-state index in [1.807, 2.05) is 0 Å². The molecule has 0 radical (unpaired) electrons. The molecule has 0 fully saturated rings. The molecule has 0 aromatic rings. The standard InChI is InChI=1S/C5H9BO4/c1-3-4(6(8)9)5(7)10-2/h3,8-9H,1-2H3/b4-3+. The monoisotopic (exact) mass is 144 g/mol. The molecule has 0 amide bonds. The lowest BCUT2D eigenvalue weighted by Gasteiger charge is -2.00. The van der Waals surface area contributed by atoms with Crippen LogP contribution in [0.2, 0.25) is 0 Å². The largest absolute Gasteiger partial charge is 0.495 e. The Morgan fingerprint density at radius 3 is 2.20 bits per heavy atom. The lowest BCUT2D eigenvalue weighted by molar-refractivity contribution is -0.135. The number of ether oxygens (including phenoxy) is 1. The van der Waals surface area contributed by atoms with E-state index in [1.54, 1.807) is 0 Å². The fourth-order valence-electron chi connectivity index (χ4n) is 0.490. The molecule has 0 bridgehead atoms. The zero-order chi connectivity index (χ0) is 8.15. The molecule has 0 aliphatic heterocycles. The van der Waals surface area contributed by atoms with Crippen LogP contribution in [0.15, 0.2) is 11.5 Å². The van der Waals surface area contributed by atoms with Crippen LogP contribution in [0.1, 0.15) is 6.92 Å². The highest BCUT2D eigenvalue weighted by Crippen LogP contribution is 1.97. The summed E-state index contributed by atoms with van der Waals surface area (Å²) in [7, 11) is -0.578. The Bertz CT molecular complexity index is 152. The van der Waals surface area contributed by atoms with Crippen molar-refractivity contribution in [2.45, 2.75) is 6.92 Å². The molecule has 5 heteroatoms. The van der Waals surface area contributed by atoms with Crippen molar-refractivity contribution >= 4 is 13.1 Å². The van der Waals surface area contributed by atoms with Gasteiger partial charge in [0.25, 0.3) is 0 Å². The van der Waals surface area contributed by atoms with E-state index in [-0.39, 0.29) is 5.47 Å². The number of carbonyl (C=O) groups is 1. The summed E-state index contributed by atoms with van der Waals surface area (Å²) in [4.78, 5) is 10.6. The quantitative estimate of drug-likeness (QED) is 0.300. The third-order valence-corrected chi connectivity index (χ3v) is 1.01. The van der Waals surface area contributed by atoms with Gasteiger partial charge in [-0.15, -0.1) is 0 Å². The highest BCUT2D eigenvalue weighted by atomic mass is 16.5. The van der Waals surface area contributed by atoms with Gasteiger partial charge >= 0.3 is 13.1 Å². The summed E-state index contributed by atoms with van der Waals surface area (Å²) in [5.74, 6) is -0.725. The summed E-state index contributed by atoms with van der Waals surface area (Å²) in [6.07, 6.45) is 1.29. The Balaban J connectivity index is 4.24. The van der Waals surface area contributed by atoms with Crippen LogP contribution in [0.5, 0.6) is 0 Å². The van der Waals surface area contributed by atoms with Gasteiger partial charge in [0.2, 0.25) is 0 Å². The minimum atomic E-state index is -1.75. The van der Waals surface area contributed by atoms with Crippen LogP contribution in [-0.4, -0.2) is 30.2 Å². The van der Waals surface area contributed by atoms with Gasteiger partial charge in [0, 0.05) is 0 Å². The topological polar surface area (TPSA) is 66.8 Å². The maximum absolute atomic E-state index is 10.6. The summed E-state index contributed by atoms with van der Waals surface area (Å²) < 4.78 is 4.24. The van der Waals surface area contributed by atoms with Crippen molar-refractivity contribution in [3.63, 3.8) is 0 Å². The van der Waals surface area contributed by atoms with Crippen LogP contribution in [0.25, 0.3) is 0 Å². The molecule has 0 saturated carbocycles. The first kappa shape index (κ1) is 9.19. The van der Waals surface area contributed by atoms with Crippen molar-refractivity contribution in [3.8, 4) is 0 Å². The molecule has 0 atom stereocenters. The Morgan fingerprint density at radius 2 is 2.10 bits per heavy atom. The van der Waals surface area contributed by atoms with Crippen LogP contribution in [0, 0.1) is 0 Å². The van der Waals surface area contributed by atoms with Crippen molar-refractivity contribution < 1.29 is 19.6 Å². The summed E-state index contributed by atoms with van der Waals surface area (Å²) in [6, 6.07) is 0. The smallest absolute Gasteiger partial charge is 0.466 e. The van der Waals surface area contributed by atoms with Crippen LogP contribution in [0.3, 0.4) is 0 Å². The van der Waals surface area contributed by atoms with Crippen LogP contribution < -0.4 is 0 Å². The van der Waals surface area contributed by atoms with E-state index in [9.17, 15) is 4.79 Å². The van der Waals surface area contributed by atoms with Gasteiger partial charge in [-0.1, -0.05) is 6.08 Å². The van der Waals surface area contributed by atoms with Gasteiger partial charge in [-0.05, 0) is 6.92 Å². The first-order valence-electron chi connectivity index (χ1n) is 2.74. The fourth-order valence-corrected chi connectivity index (χ4v) is 0.490. The molecular formula is C5H9BO4. The third-order valence-electron chi connectivity index (χ3n) is 1.01. The van der Waals surface area contributed by atoms with E-state index < -0.39 is 13.1 Å². The summed E-state index contributed by atoms with van der Waals surface area (Å²) >= 11 is 0. The van der Waals surface area contributed by atoms with E-state index in [2.05, 4.69) is 4.74 Å². The Hall–Kier alpha value is -0.805. The number of rotatable bonds is 2. The average molecular weight is 144 g/mol. The van der Waals surface area contributed by atoms with Crippen LogP contribution >= 0.6 is 0 Å². The van der Waals surface area contributed by atoms with Crippen molar-refractivity contribution in [2.24, 2.45) is 0 Å². The number of hydrogen-bond acceptors (Lipinski definition) is 4. The Morgan fingerprint density at radius 1 is 1.60 bits per heavy atom.